The van der Waals surface area contributed by atoms with Gasteiger partial charge in [-0.05, 0) is 12.3 Å². The second kappa shape index (κ2) is 7.17. The minimum atomic E-state index is -0.449. The lowest BCUT2D eigenvalue weighted by atomic mass is 10.0. The smallest absolute Gasteiger partial charge is 0.322 e. The molecule has 1 N–H and O–H groups in total. The number of esters is 1. The van der Waals surface area contributed by atoms with E-state index in [0.717, 1.165) is 0 Å². The first-order valence-electron chi connectivity index (χ1n) is 4.90. The van der Waals surface area contributed by atoms with E-state index in [1.54, 1.807) is 0 Å². The molecule has 15 heavy (non-hydrogen) atoms. The molecule has 0 aromatic rings. The highest BCUT2D eigenvalue weighted by molar-refractivity contribution is 5.75. The van der Waals surface area contributed by atoms with E-state index in [0.29, 0.717) is 12.3 Å². The van der Waals surface area contributed by atoms with Crippen LogP contribution in [0.15, 0.2) is 0 Å². The number of rotatable bonds is 7. The molecule has 88 valence electrons. The highest BCUT2D eigenvalue weighted by atomic mass is 16.6. The summed E-state index contributed by atoms with van der Waals surface area (Å²) in [7, 11) is 1.31. The molecule has 0 amide bonds. The zero-order valence-electron chi connectivity index (χ0n) is 9.36. The Morgan fingerprint density at radius 3 is 2.53 bits per heavy atom. The van der Waals surface area contributed by atoms with Crippen molar-refractivity contribution in [1.82, 2.24) is 5.32 Å². The summed E-state index contributed by atoms with van der Waals surface area (Å²) in [6, 6.07) is -0.449. The van der Waals surface area contributed by atoms with Crippen molar-refractivity contribution in [3.63, 3.8) is 0 Å². The van der Waals surface area contributed by atoms with Crippen LogP contribution in [0.3, 0.4) is 0 Å². The molecule has 0 radical (unpaired) electrons. The summed E-state index contributed by atoms with van der Waals surface area (Å²) < 4.78 is 4.60. The van der Waals surface area contributed by atoms with Crippen LogP contribution in [-0.2, 0) is 9.53 Å². The molecule has 0 spiro atoms. The van der Waals surface area contributed by atoms with Gasteiger partial charge in [-0.3, -0.25) is 20.2 Å². The number of hydrogen-bond acceptors (Lipinski definition) is 5. The maximum Gasteiger partial charge on any atom is 0.322 e. The fourth-order valence-electron chi connectivity index (χ4n) is 1.21. The van der Waals surface area contributed by atoms with Crippen LogP contribution in [-0.4, -0.2) is 37.1 Å². The molecule has 6 nitrogen and oxygen atoms in total. The maximum absolute atomic E-state index is 11.3. The van der Waals surface area contributed by atoms with E-state index in [9.17, 15) is 14.9 Å². The van der Waals surface area contributed by atoms with Gasteiger partial charge < -0.3 is 4.74 Å². The predicted molar refractivity (Wildman–Crippen MR) is 55.1 cm³/mol. The van der Waals surface area contributed by atoms with Crippen LogP contribution in [0.1, 0.15) is 20.3 Å². The Morgan fingerprint density at radius 1 is 1.53 bits per heavy atom. The molecule has 0 aliphatic carbocycles. The average molecular weight is 218 g/mol. The Hall–Kier alpha value is -1.17. The van der Waals surface area contributed by atoms with Gasteiger partial charge in [0.25, 0.3) is 0 Å². The molecule has 6 heteroatoms. The first-order valence-corrected chi connectivity index (χ1v) is 4.90. The molecular formula is C9H18N2O4. The number of ether oxygens (including phenoxy) is 1. The van der Waals surface area contributed by atoms with E-state index >= 15 is 0 Å². The van der Waals surface area contributed by atoms with Crippen LogP contribution < -0.4 is 5.32 Å². The summed E-state index contributed by atoms with van der Waals surface area (Å²) >= 11 is 0. The Labute approximate surface area is 89.1 Å². The monoisotopic (exact) mass is 218 g/mol. The van der Waals surface area contributed by atoms with E-state index in [-0.39, 0.29) is 19.1 Å². The summed E-state index contributed by atoms with van der Waals surface area (Å²) in [6.07, 6.45) is 0.615. The lowest BCUT2D eigenvalue weighted by Crippen LogP contribution is -2.40. The van der Waals surface area contributed by atoms with Crippen molar-refractivity contribution in [3.05, 3.63) is 10.1 Å². The molecule has 1 atom stereocenters. The average Bonchev–Trinajstić information content (AvgIpc) is 2.14. The van der Waals surface area contributed by atoms with Crippen LogP contribution in [0.4, 0.5) is 0 Å². The lowest BCUT2D eigenvalue weighted by Gasteiger charge is -2.17. The van der Waals surface area contributed by atoms with Crippen molar-refractivity contribution in [1.29, 1.82) is 0 Å². The molecule has 0 fully saturated rings. The second-order valence-corrected chi connectivity index (χ2v) is 3.72. The fraction of sp³-hybridized carbons (Fsp3) is 0.889. The van der Waals surface area contributed by atoms with Gasteiger partial charge in [-0.15, -0.1) is 0 Å². The molecule has 0 aromatic carbocycles. The number of carbonyl (C=O) groups excluding carboxylic acids is 1. The van der Waals surface area contributed by atoms with Crippen molar-refractivity contribution in [2.24, 2.45) is 5.92 Å². The number of nitrogens with zero attached hydrogens (tertiary/aromatic N) is 1. The van der Waals surface area contributed by atoms with Gasteiger partial charge in [0.2, 0.25) is 6.54 Å². The van der Waals surface area contributed by atoms with E-state index in [4.69, 9.17) is 0 Å². The van der Waals surface area contributed by atoms with Gasteiger partial charge in [0, 0.05) is 4.92 Å². The van der Waals surface area contributed by atoms with Gasteiger partial charge >= 0.3 is 5.97 Å². The van der Waals surface area contributed by atoms with E-state index in [1.807, 2.05) is 13.8 Å². The quantitative estimate of drug-likeness (QED) is 0.381. The summed E-state index contributed by atoms with van der Waals surface area (Å²) in [4.78, 5) is 20.9. The topological polar surface area (TPSA) is 81.5 Å². The van der Waals surface area contributed by atoms with Crippen molar-refractivity contribution in [2.45, 2.75) is 26.3 Å². The van der Waals surface area contributed by atoms with Gasteiger partial charge in [-0.2, -0.15) is 0 Å². The molecule has 0 aromatic heterocycles. The molecule has 0 aliphatic heterocycles. The molecule has 0 saturated heterocycles. The van der Waals surface area contributed by atoms with Gasteiger partial charge in [0.1, 0.15) is 6.04 Å². The number of hydrogen-bond donors (Lipinski definition) is 1. The van der Waals surface area contributed by atoms with Crippen LogP contribution >= 0.6 is 0 Å². The zero-order chi connectivity index (χ0) is 11.8. The second-order valence-electron chi connectivity index (χ2n) is 3.72. The van der Waals surface area contributed by atoms with Crippen LogP contribution in [0.2, 0.25) is 0 Å². The molecule has 0 rings (SSSR count). The Morgan fingerprint density at radius 2 is 2.13 bits per heavy atom. The van der Waals surface area contributed by atoms with Gasteiger partial charge in [0.15, 0.2) is 0 Å². The minimum Gasteiger partial charge on any atom is -0.468 e. The normalized spacial score (nSPS) is 12.5. The van der Waals surface area contributed by atoms with E-state index in [2.05, 4.69) is 10.1 Å². The van der Waals surface area contributed by atoms with Gasteiger partial charge in [-0.25, -0.2) is 0 Å². The molecule has 0 heterocycles. The van der Waals surface area contributed by atoms with E-state index in [1.165, 1.54) is 7.11 Å². The highest BCUT2D eigenvalue weighted by Gasteiger charge is 2.20. The lowest BCUT2D eigenvalue weighted by molar-refractivity contribution is -0.477. The largest absolute Gasteiger partial charge is 0.468 e. The van der Waals surface area contributed by atoms with E-state index < -0.39 is 11.0 Å². The number of nitrogens with one attached hydrogen (secondary N) is 1. The van der Waals surface area contributed by atoms with Gasteiger partial charge in [0.05, 0.1) is 13.7 Å². The van der Waals surface area contributed by atoms with Crippen molar-refractivity contribution >= 4 is 5.97 Å². The number of methoxy groups -OCH3 is 1. The third-order valence-electron chi connectivity index (χ3n) is 1.88. The van der Waals surface area contributed by atoms with Crippen LogP contribution in [0.25, 0.3) is 0 Å². The minimum absolute atomic E-state index is 0.180. The first kappa shape index (κ1) is 13.8. The molecular weight excluding hydrogens is 200 g/mol. The summed E-state index contributed by atoms with van der Waals surface area (Å²) in [5.74, 6) is -0.0377. The number of carbonyl (C=O) groups is 1. The standard InChI is InChI=1S/C9H18N2O4/c1-7(2)6-8(9(12)15-3)10-4-5-11(13)14/h7-8,10H,4-6H2,1-3H3. The Kier molecular flexibility index (Phi) is 6.61. The van der Waals surface area contributed by atoms with Crippen LogP contribution in [0, 0.1) is 16.0 Å². The molecule has 0 bridgehead atoms. The number of nitro groups is 1. The third-order valence-corrected chi connectivity index (χ3v) is 1.88. The van der Waals surface area contributed by atoms with Gasteiger partial charge in [-0.1, -0.05) is 13.8 Å². The SMILES string of the molecule is COC(=O)C(CC(C)C)NCC[N+](=O)[O-]. The van der Waals surface area contributed by atoms with Crippen molar-refractivity contribution in [2.75, 3.05) is 20.2 Å². The summed E-state index contributed by atoms with van der Waals surface area (Å²) in [5.41, 5.74) is 0. The Balaban J connectivity index is 4.01. The summed E-state index contributed by atoms with van der Waals surface area (Å²) in [6.45, 7) is 3.95. The summed E-state index contributed by atoms with van der Waals surface area (Å²) in [5, 5.41) is 12.9. The third kappa shape index (κ3) is 6.84. The fourth-order valence-corrected chi connectivity index (χ4v) is 1.21. The van der Waals surface area contributed by atoms with Crippen LogP contribution in [0.5, 0.6) is 0 Å². The predicted octanol–water partition coefficient (Wildman–Crippen LogP) is 0.440. The van der Waals surface area contributed by atoms with Crippen molar-refractivity contribution in [3.8, 4) is 0 Å². The Bertz CT molecular complexity index is 218. The molecule has 0 aliphatic rings. The molecule has 1 unspecified atom stereocenters. The highest BCUT2D eigenvalue weighted by Crippen LogP contribution is 2.05. The maximum atomic E-state index is 11.3. The molecule has 0 saturated carbocycles. The first-order chi connectivity index (χ1) is 6.97. The van der Waals surface area contributed by atoms with Crippen molar-refractivity contribution < 1.29 is 14.5 Å². The zero-order valence-corrected chi connectivity index (χ0v) is 9.36.